The standard InChI is InChI=1S/C13H16ClF3N2.ClH/c14-9-7-10(16)13(11(17)8-9)12(1-2-15)19-5-3-18-4-6-19;/h7-8,12,18H,1-6H2;1H/t12-;/m1./s1. The van der Waals surface area contributed by atoms with Gasteiger partial charge in [-0.15, -0.1) is 12.4 Å². The largest absolute Gasteiger partial charge is 0.314 e. The van der Waals surface area contributed by atoms with Crippen LogP contribution in [0.15, 0.2) is 12.1 Å². The zero-order chi connectivity index (χ0) is 13.8. The molecule has 1 fully saturated rings. The van der Waals surface area contributed by atoms with Crippen molar-refractivity contribution >= 4 is 24.0 Å². The van der Waals surface area contributed by atoms with Crippen LogP contribution in [0, 0.1) is 11.6 Å². The summed E-state index contributed by atoms with van der Waals surface area (Å²) in [5.41, 5.74) is -0.0797. The highest BCUT2D eigenvalue weighted by atomic mass is 35.5. The van der Waals surface area contributed by atoms with Gasteiger partial charge in [-0.05, 0) is 18.6 Å². The molecule has 1 aromatic carbocycles. The number of halogens is 5. The zero-order valence-corrected chi connectivity index (χ0v) is 12.4. The van der Waals surface area contributed by atoms with Crippen molar-refractivity contribution in [3.8, 4) is 0 Å². The molecule has 0 bridgehead atoms. The number of hydrogen-bond donors (Lipinski definition) is 1. The Morgan fingerprint density at radius 1 is 1.20 bits per heavy atom. The molecule has 0 radical (unpaired) electrons. The molecule has 1 aliphatic heterocycles. The second-order valence-electron chi connectivity index (χ2n) is 4.56. The molecule has 0 spiro atoms. The monoisotopic (exact) mass is 328 g/mol. The summed E-state index contributed by atoms with van der Waals surface area (Å²) in [4.78, 5) is 1.91. The number of rotatable bonds is 4. The molecule has 1 aromatic rings. The van der Waals surface area contributed by atoms with Crippen molar-refractivity contribution in [3.63, 3.8) is 0 Å². The Balaban J connectivity index is 0.00000200. The molecule has 2 rings (SSSR count). The summed E-state index contributed by atoms with van der Waals surface area (Å²) >= 11 is 5.61. The molecule has 1 heterocycles. The van der Waals surface area contributed by atoms with Gasteiger partial charge in [0.2, 0.25) is 0 Å². The zero-order valence-electron chi connectivity index (χ0n) is 10.8. The lowest BCUT2D eigenvalue weighted by molar-refractivity contribution is 0.151. The van der Waals surface area contributed by atoms with Crippen LogP contribution in [0.5, 0.6) is 0 Å². The predicted molar refractivity (Wildman–Crippen MR) is 76.4 cm³/mol. The quantitative estimate of drug-likeness (QED) is 0.911. The predicted octanol–water partition coefficient (Wildman–Crippen LogP) is 3.35. The van der Waals surface area contributed by atoms with E-state index in [1.54, 1.807) is 0 Å². The third-order valence-electron chi connectivity index (χ3n) is 3.35. The number of nitrogens with zero attached hydrogens (tertiary/aromatic N) is 1. The molecule has 0 aromatic heterocycles. The Labute approximate surface area is 127 Å². The summed E-state index contributed by atoms with van der Waals surface area (Å²) in [5, 5.41) is 3.17. The van der Waals surface area contributed by atoms with Gasteiger partial charge in [-0.3, -0.25) is 9.29 Å². The first-order valence-corrected chi connectivity index (χ1v) is 6.66. The maximum absolute atomic E-state index is 14.0. The fourth-order valence-electron chi connectivity index (χ4n) is 2.48. The van der Waals surface area contributed by atoms with Gasteiger partial charge in [-0.2, -0.15) is 0 Å². The maximum Gasteiger partial charge on any atom is 0.132 e. The third-order valence-corrected chi connectivity index (χ3v) is 3.57. The maximum atomic E-state index is 14.0. The van der Waals surface area contributed by atoms with E-state index in [0.29, 0.717) is 13.1 Å². The molecule has 1 saturated heterocycles. The van der Waals surface area contributed by atoms with Gasteiger partial charge in [-0.25, -0.2) is 8.78 Å². The molecule has 0 amide bonds. The lowest BCUT2D eigenvalue weighted by Gasteiger charge is -2.35. The van der Waals surface area contributed by atoms with E-state index in [-0.39, 0.29) is 29.4 Å². The van der Waals surface area contributed by atoms with E-state index in [1.165, 1.54) is 0 Å². The Bertz CT molecular complexity index is 417. The summed E-state index contributed by atoms with van der Waals surface area (Å²) < 4.78 is 40.6. The smallest absolute Gasteiger partial charge is 0.132 e. The van der Waals surface area contributed by atoms with Gasteiger partial charge in [0.25, 0.3) is 0 Å². The fraction of sp³-hybridized carbons (Fsp3) is 0.538. The molecule has 20 heavy (non-hydrogen) atoms. The van der Waals surface area contributed by atoms with Crippen LogP contribution in [0.4, 0.5) is 13.2 Å². The summed E-state index contributed by atoms with van der Waals surface area (Å²) in [6.07, 6.45) is 0.0788. The highest BCUT2D eigenvalue weighted by Crippen LogP contribution is 2.31. The molecule has 1 aliphatic rings. The van der Waals surface area contributed by atoms with Crippen molar-refractivity contribution in [2.45, 2.75) is 12.5 Å². The van der Waals surface area contributed by atoms with E-state index in [2.05, 4.69) is 5.32 Å². The molecule has 2 nitrogen and oxygen atoms in total. The Kier molecular flexibility index (Phi) is 7.09. The average molecular weight is 329 g/mol. The third kappa shape index (κ3) is 4.01. The molecule has 1 atom stereocenters. The van der Waals surface area contributed by atoms with Crippen molar-refractivity contribution < 1.29 is 13.2 Å². The highest BCUT2D eigenvalue weighted by molar-refractivity contribution is 6.30. The summed E-state index contributed by atoms with van der Waals surface area (Å²) in [6, 6.07) is 1.57. The lowest BCUT2D eigenvalue weighted by Crippen LogP contribution is -2.45. The van der Waals surface area contributed by atoms with Crippen molar-refractivity contribution in [1.29, 1.82) is 0 Å². The van der Waals surface area contributed by atoms with Crippen molar-refractivity contribution in [2.24, 2.45) is 0 Å². The van der Waals surface area contributed by atoms with E-state index in [9.17, 15) is 13.2 Å². The van der Waals surface area contributed by atoms with Crippen molar-refractivity contribution in [2.75, 3.05) is 32.9 Å². The van der Waals surface area contributed by atoms with Crippen LogP contribution in [0.25, 0.3) is 0 Å². The first-order valence-electron chi connectivity index (χ1n) is 6.28. The van der Waals surface area contributed by atoms with Crippen LogP contribution in [-0.4, -0.2) is 37.8 Å². The van der Waals surface area contributed by atoms with E-state index < -0.39 is 24.4 Å². The SMILES string of the molecule is Cl.FCC[C@H](c1c(F)cc(Cl)cc1F)N1CCNCC1. The molecule has 0 saturated carbocycles. The van der Waals surface area contributed by atoms with Crippen LogP contribution >= 0.6 is 24.0 Å². The second-order valence-corrected chi connectivity index (χ2v) is 5.00. The second kappa shape index (κ2) is 8.08. The Morgan fingerprint density at radius 3 is 2.25 bits per heavy atom. The number of alkyl halides is 1. The van der Waals surface area contributed by atoms with Gasteiger partial charge in [0.05, 0.1) is 6.67 Å². The number of piperazine rings is 1. The Hall–Kier alpha value is -0.490. The van der Waals surface area contributed by atoms with Crippen LogP contribution < -0.4 is 5.32 Å². The van der Waals surface area contributed by atoms with Gasteiger partial charge in [0, 0.05) is 42.8 Å². The lowest BCUT2D eigenvalue weighted by atomic mass is 10.0. The minimum Gasteiger partial charge on any atom is -0.314 e. The summed E-state index contributed by atoms with van der Waals surface area (Å²) in [5.74, 6) is -1.41. The minimum atomic E-state index is -0.706. The molecule has 1 N–H and O–H groups in total. The van der Waals surface area contributed by atoms with Crippen LogP contribution in [0.2, 0.25) is 5.02 Å². The molecule has 0 aliphatic carbocycles. The topological polar surface area (TPSA) is 15.3 Å². The van der Waals surface area contributed by atoms with Crippen LogP contribution in [0.3, 0.4) is 0 Å². The van der Waals surface area contributed by atoms with E-state index in [1.807, 2.05) is 4.90 Å². The number of hydrogen-bond acceptors (Lipinski definition) is 2. The first kappa shape index (κ1) is 17.6. The van der Waals surface area contributed by atoms with Crippen molar-refractivity contribution in [1.82, 2.24) is 10.2 Å². The molecule has 114 valence electrons. The van der Waals surface area contributed by atoms with E-state index in [0.717, 1.165) is 25.2 Å². The number of nitrogens with one attached hydrogen (secondary N) is 1. The van der Waals surface area contributed by atoms with Crippen molar-refractivity contribution in [3.05, 3.63) is 34.4 Å². The fourth-order valence-corrected chi connectivity index (χ4v) is 2.67. The average Bonchev–Trinajstić information content (AvgIpc) is 2.37. The number of benzene rings is 1. The highest BCUT2D eigenvalue weighted by Gasteiger charge is 2.27. The molecular weight excluding hydrogens is 312 g/mol. The normalized spacial score (nSPS) is 17.6. The van der Waals surface area contributed by atoms with E-state index >= 15 is 0 Å². The van der Waals surface area contributed by atoms with Crippen LogP contribution in [-0.2, 0) is 0 Å². The summed E-state index contributed by atoms with van der Waals surface area (Å²) in [7, 11) is 0. The van der Waals surface area contributed by atoms with Gasteiger partial charge in [0.1, 0.15) is 11.6 Å². The molecule has 0 unspecified atom stereocenters. The Morgan fingerprint density at radius 2 is 1.75 bits per heavy atom. The first-order chi connectivity index (χ1) is 9.13. The summed E-state index contributed by atoms with van der Waals surface area (Å²) in [6.45, 7) is 2.15. The van der Waals surface area contributed by atoms with Gasteiger partial charge < -0.3 is 5.32 Å². The van der Waals surface area contributed by atoms with E-state index in [4.69, 9.17) is 11.6 Å². The van der Waals surface area contributed by atoms with Crippen LogP contribution in [0.1, 0.15) is 18.0 Å². The van der Waals surface area contributed by atoms with Gasteiger partial charge >= 0.3 is 0 Å². The molecular formula is C13H17Cl2F3N2. The van der Waals surface area contributed by atoms with Gasteiger partial charge in [0.15, 0.2) is 0 Å². The minimum absolute atomic E-state index is 0. The van der Waals surface area contributed by atoms with Gasteiger partial charge in [-0.1, -0.05) is 11.6 Å². The molecule has 7 heteroatoms.